The molecule has 3 atom stereocenters. The van der Waals surface area contributed by atoms with E-state index in [0.29, 0.717) is 17.5 Å². The molecule has 0 spiro atoms. The maximum atomic E-state index is 14.9. The van der Waals surface area contributed by atoms with Crippen LogP contribution in [-0.2, 0) is 15.5 Å². The zero-order valence-electron chi connectivity index (χ0n) is 23.5. The molecule has 1 aliphatic heterocycles. The number of thiazole rings is 1. The highest BCUT2D eigenvalue weighted by Gasteiger charge is 2.44. The second-order valence-electron chi connectivity index (χ2n) is 10.8. The van der Waals surface area contributed by atoms with Gasteiger partial charge in [-0.3, -0.25) is 19.8 Å². The Morgan fingerprint density at radius 1 is 1.11 bits per heavy atom. The SMILES string of the molecule is C[C@@H](NC(=O)[C@@H]1C[C@H](c2nccs2)CN1C(=O)CNC(=O)c1ccc2c(c1)-c1ccccc1C2(F)F)c1cc(C(=N)N)cs1. The number of nitrogens with zero attached hydrogens (tertiary/aromatic N) is 2. The standard InChI is InChI=1S/C31H28F2N6O3S2/c1-16(25-12-19(15-44-25)27(34)35)38-29(42)24-11-18(30-36-8-9-43-30)14-39(24)26(40)13-37-28(41)17-6-7-23-21(10-17)20-4-2-3-5-22(20)31(23,32)33/h2-10,12,15-16,18,24H,11,13-14H2,1H3,(H3,34,35)(H,37,41)(H,38,42)/t16-,18+,24+/m1/s1. The predicted molar refractivity (Wildman–Crippen MR) is 164 cm³/mol. The van der Waals surface area contributed by atoms with Crippen LogP contribution >= 0.6 is 22.7 Å². The van der Waals surface area contributed by atoms with Gasteiger partial charge in [0.1, 0.15) is 11.9 Å². The van der Waals surface area contributed by atoms with Gasteiger partial charge in [-0.15, -0.1) is 22.7 Å². The van der Waals surface area contributed by atoms with E-state index >= 15 is 0 Å². The number of alkyl halides is 2. The lowest BCUT2D eigenvalue weighted by Gasteiger charge is -2.25. The summed E-state index contributed by atoms with van der Waals surface area (Å²) < 4.78 is 29.9. The van der Waals surface area contributed by atoms with Crippen molar-refractivity contribution in [1.29, 1.82) is 5.41 Å². The number of carbonyl (C=O) groups excluding carboxylic acids is 3. The molecule has 0 radical (unpaired) electrons. The summed E-state index contributed by atoms with van der Waals surface area (Å²) >= 11 is 2.83. The van der Waals surface area contributed by atoms with Gasteiger partial charge < -0.3 is 21.3 Å². The molecule has 6 rings (SSSR count). The fourth-order valence-electron chi connectivity index (χ4n) is 5.76. The molecule has 3 amide bonds. The Balaban J connectivity index is 1.16. The van der Waals surface area contributed by atoms with Crippen LogP contribution in [0.25, 0.3) is 11.1 Å². The van der Waals surface area contributed by atoms with Crippen molar-refractivity contribution < 1.29 is 23.2 Å². The van der Waals surface area contributed by atoms with Crippen molar-refractivity contribution in [2.75, 3.05) is 13.1 Å². The number of amidine groups is 1. The number of fused-ring (bicyclic) bond motifs is 3. The van der Waals surface area contributed by atoms with Gasteiger partial charge in [0.15, 0.2) is 0 Å². The summed E-state index contributed by atoms with van der Waals surface area (Å²) in [6.45, 7) is 1.70. The Hall–Kier alpha value is -4.49. The number of nitrogens with one attached hydrogen (secondary N) is 3. The number of carbonyl (C=O) groups is 3. The summed E-state index contributed by atoms with van der Waals surface area (Å²) in [6, 6.07) is 10.8. The van der Waals surface area contributed by atoms with E-state index in [0.717, 1.165) is 9.88 Å². The van der Waals surface area contributed by atoms with Gasteiger partial charge in [0.05, 0.1) is 17.6 Å². The number of hydrogen-bond acceptors (Lipinski definition) is 7. The summed E-state index contributed by atoms with van der Waals surface area (Å²) in [5.41, 5.74) is 6.67. The molecule has 2 aromatic carbocycles. The monoisotopic (exact) mass is 634 g/mol. The highest BCUT2D eigenvalue weighted by Crippen LogP contribution is 2.51. The van der Waals surface area contributed by atoms with Crippen LogP contribution in [0.1, 0.15) is 62.2 Å². The second-order valence-corrected chi connectivity index (χ2v) is 12.7. The number of nitrogen functional groups attached to an aromatic ring is 1. The number of rotatable bonds is 8. The lowest BCUT2D eigenvalue weighted by Crippen LogP contribution is -2.49. The topological polar surface area (TPSA) is 141 Å². The Kier molecular flexibility index (Phi) is 7.76. The molecule has 0 unspecified atom stereocenters. The van der Waals surface area contributed by atoms with Crippen LogP contribution in [0.2, 0.25) is 0 Å². The van der Waals surface area contributed by atoms with E-state index in [2.05, 4.69) is 15.6 Å². The maximum Gasteiger partial charge on any atom is 0.299 e. The van der Waals surface area contributed by atoms with Gasteiger partial charge in [-0.25, -0.2) is 4.98 Å². The fraction of sp³-hybridized carbons (Fsp3) is 0.258. The predicted octanol–water partition coefficient (Wildman–Crippen LogP) is 4.60. The summed E-state index contributed by atoms with van der Waals surface area (Å²) in [6.07, 6.45) is 2.05. The number of benzene rings is 2. The van der Waals surface area contributed by atoms with E-state index in [1.165, 1.54) is 51.8 Å². The number of thiophene rings is 1. The molecule has 1 fully saturated rings. The minimum atomic E-state index is -3.16. The molecule has 226 valence electrons. The maximum absolute atomic E-state index is 14.9. The summed E-state index contributed by atoms with van der Waals surface area (Å²) in [7, 11) is 0. The Morgan fingerprint density at radius 2 is 1.89 bits per heavy atom. The molecular formula is C31H28F2N6O3S2. The van der Waals surface area contributed by atoms with E-state index in [9.17, 15) is 23.2 Å². The molecule has 1 saturated heterocycles. The van der Waals surface area contributed by atoms with Crippen LogP contribution in [0.3, 0.4) is 0 Å². The van der Waals surface area contributed by atoms with Crippen LogP contribution in [0.15, 0.2) is 65.5 Å². The molecule has 0 saturated carbocycles. The average Bonchev–Trinajstić information content (AvgIpc) is 3.82. The molecule has 9 nitrogen and oxygen atoms in total. The van der Waals surface area contributed by atoms with Gasteiger partial charge in [0.25, 0.3) is 11.8 Å². The van der Waals surface area contributed by atoms with Gasteiger partial charge in [-0.05, 0) is 42.7 Å². The van der Waals surface area contributed by atoms with Crippen molar-refractivity contribution in [3.8, 4) is 11.1 Å². The van der Waals surface area contributed by atoms with E-state index < -0.39 is 23.8 Å². The van der Waals surface area contributed by atoms with Gasteiger partial charge in [-0.1, -0.05) is 30.3 Å². The molecule has 44 heavy (non-hydrogen) atoms. The molecular weight excluding hydrogens is 607 g/mol. The first-order valence-corrected chi connectivity index (χ1v) is 15.6. The molecule has 4 aromatic rings. The van der Waals surface area contributed by atoms with E-state index in [4.69, 9.17) is 11.1 Å². The van der Waals surface area contributed by atoms with Gasteiger partial charge in [0, 0.05) is 56.6 Å². The van der Waals surface area contributed by atoms with Crippen LogP contribution in [0.5, 0.6) is 0 Å². The third-order valence-electron chi connectivity index (χ3n) is 8.02. The fourth-order valence-corrected chi connectivity index (χ4v) is 7.42. The van der Waals surface area contributed by atoms with Crippen molar-refractivity contribution in [3.05, 3.63) is 97.6 Å². The van der Waals surface area contributed by atoms with Gasteiger partial charge >= 0.3 is 0 Å². The van der Waals surface area contributed by atoms with Gasteiger partial charge in [-0.2, -0.15) is 8.78 Å². The van der Waals surface area contributed by atoms with Crippen molar-refractivity contribution in [2.45, 2.75) is 37.3 Å². The molecule has 2 aromatic heterocycles. The number of nitrogens with two attached hydrogens (primary N) is 1. The van der Waals surface area contributed by atoms with Crippen molar-refractivity contribution in [2.24, 2.45) is 5.73 Å². The first kappa shape index (κ1) is 29.6. The molecule has 5 N–H and O–H groups in total. The highest BCUT2D eigenvalue weighted by atomic mass is 32.1. The average molecular weight is 635 g/mol. The highest BCUT2D eigenvalue weighted by molar-refractivity contribution is 7.10. The van der Waals surface area contributed by atoms with Crippen LogP contribution in [0, 0.1) is 5.41 Å². The smallest absolute Gasteiger partial charge is 0.299 e. The second kappa shape index (κ2) is 11.5. The van der Waals surface area contributed by atoms with Crippen molar-refractivity contribution in [1.82, 2.24) is 20.5 Å². The Bertz CT molecular complexity index is 1770. The first-order valence-electron chi connectivity index (χ1n) is 13.9. The van der Waals surface area contributed by atoms with Crippen LogP contribution in [0.4, 0.5) is 8.78 Å². The molecule has 0 bridgehead atoms. The summed E-state index contributed by atoms with van der Waals surface area (Å²) in [5.74, 6) is -4.74. The van der Waals surface area contributed by atoms with Crippen molar-refractivity contribution >= 4 is 46.2 Å². The number of hydrogen-bond donors (Lipinski definition) is 4. The summed E-state index contributed by atoms with van der Waals surface area (Å²) in [4.78, 5) is 46.7. The van der Waals surface area contributed by atoms with Crippen molar-refractivity contribution in [3.63, 3.8) is 0 Å². The van der Waals surface area contributed by atoms with E-state index in [-0.39, 0.29) is 59.0 Å². The zero-order chi connectivity index (χ0) is 31.2. The zero-order valence-corrected chi connectivity index (χ0v) is 25.1. The van der Waals surface area contributed by atoms with E-state index in [1.54, 1.807) is 35.8 Å². The lowest BCUT2D eigenvalue weighted by atomic mass is 10.0. The minimum Gasteiger partial charge on any atom is -0.384 e. The number of aromatic nitrogens is 1. The quantitative estimate of drug-likeness (QED) is 0.166. The lowest BCUT2D eigenvalue weighted by molar-refractivity contribution is -0.137. The van der Waals surface area contributed by atoms with Crippen LogP contribution < -0.4 is 16.4 Å². The normalized spacial score (nSPS) is 18.8. The minimum absolute atomic E-state index is 0.0606. The third kappa shape index (κ3) is 5.37. The summed E-state index contributed by atoms with van der Waals surface area (Å²) in [5, 5.41) is 17.6. The Morgan fingerprint density at radius 3 is 2.61 bits per heavy atom. The molecule has 13 heteroatoms. The van der Waals surface area contributed by atoms with Crippen LogP contribution in [-0.4, -0.2) is 52.6 Å². The molecule has 1 aliphatic carbocycles. The first-order chi connectivity index (χ1) is 21.0. The number of likely N-dealkylation sites (tertiary alicyclic amines) is 1. The third-order valence-corrected chi connectivity index (χ3v) is 10.1. The Labute approximate surface area is 259 Å². The molecule has 3 heterocycles. The molecule has 2 aliphatic rings. The van der Waals surface area contributed by atoms with Gasteiger partial charge in [0.2, 0.25) is 11.8 Å². The number of halogens is 2. The van der Waals surface area contributed by atoms with E-state index in [1.807, 2.05) is 12.3 Å². The largest absolute Gasteiger partial charge is 0.384 e. The number of amides is 3.